The van der Waals surface area contributed by atoms with Gasteiger partial charge in [-0.2, -0.15) is 11.8 Å². The Balaban J connectivity index is 1.96. The Morgan fingerprint density at radius 1 is 1.70 bits per heavy atom. The van der Waals surface area contributed by atoms with Gasteiger partial charge in [0.2, 0.25) is 0 Å². The molecular formula is C8H15NS. The summed E-state index contributed by atoms with van der Waals surface area (Å²) in [7, 11) is 0. The molecule has 0 aromatic rings. The fraction of sp³-hybridized carbons (Fsp3) is 0.750. The van der Waals surface area contributed by atoms with Crippen molar-refractivity contribution in [3.8, 4) is 0 Å². The third-order valence-corrected chi connectivity index (χ3v) is 2.83. The summed E-state index contributed by atoms with van der Waals surface area (Å²) in [6, 6.07) is 0.782. The van der Waals surface area contributed by atoms with Crippen molar-refractivity contribution in [2.75, 3.05) is 18.1 Å². The van der Waals surface area contributed by atoms with Crippen molar-refractivity contribution in [1.29, 1.82) is 0 Å². The molecule has 0 bridgehead atoms. The SMILES string of the molecule is C=CCSC[C@H]1CCCN1. The van der Waals surface area contributed by atoms with Crippen LogP contribution in [0.4, 0.5) is 0 Å². The Bertz CT molecular complexity index is 97.4. The topological polar surface area (TPSA) is 12.0 Å². The van der Waals surface area contributed by atoms with Crippen molar-refractivity contribution in [1.82, 2.24) is 5.32 Å². The standard InChI is InChI=1S/C8H15NS/c1-2-6-10-7-8-4-3-5-9-8/h2,8-9H,1,3-7H2/t8-/m1/s1. The molecule has 0 radical (unpaired) electrons. The van der Waals surface area contributed by atoms with E-state index in [1.165, 1.54) is 25.1 Å². The summed E-state index contributed by atoms with van der Waals surface area (Å²) in [4.78, 5) is 0. The highest BCUT2D eigenvalue weighted by Crippen LogP contribution is 2.11. The van der Waals surface area contributed by atoms with Crippen LogP contribution in [0.3, 0.4) is 0 Å². The van der Waals surface area contributed by atoms with E-state index in [9.17, 15) is 0 Å². The third kappa shape index (κ3) is 2.76. The second-order valence-electron chi connectivity index (χ2n) is 2.62. The minimum absolute atomic E-state index is 0.782. The van der Waals surface area contributed by atoms with E-state index in [0.717, 1.165) is 11.8 Å². The van der Waals surface area contributed by atoms with Crippen LogP contribution in [0.1, 0.15) is 12.8 Å². The number of hydrogen-bond acceptors (Lipinski definition) is 2. The summed E-state index contributed by atoms with van der Waals surface area (Å²) in [6.07, 6.45) is 4.70. The first kappa shape index (κ1) is 8.15. The molecule has 10 heavy (non-hydrogen) atoms. The third-order valence-electron chi connectivity index (χ3n) is 1.72. The lowest BCUT2D eigenvalue weighted by Crippen LogP contribution is -2.23. The lowest BCUT2D eigenvalue weighted by atomic mass is 10.3. The van der Waals surface area contributed by atoms with Crippen LogP contribution >= 0.6 is 11.8 Å². The maximum atomic E-state index is 3.68. The van der Waals surface area contributed by atoms with E-state index in [1.807, 2.05) is 17.8 Å². The van der Waals surface area contributed by atoms with Crippen LogP contribution in [0.2, 0.25) is 0 Å². The summed E-state index contributed by atoms with van der Waals surface area (Å²) in [5, 5.41) is 3.46. The first-order valence-corrected chi connectivity index (χ1v) is 5.01. The Morgan fingerprint density at radius 2 is 2.60 bits per heavy atom. The Kier molecular flexibility index (Phi) is 3.91. The number of nitrogens with one attached hydrogen (secondary N) is 1. The molecule has 58 valence electrons. The molecule has 0 spiro atoms. The van der Waals surface area contributed by atoms with E-state index < -0.39 is 0 Å². The van der Waals surface area contributed by atoms with E-state index in [1.54, 1.807) is 0 Å². The summed E-state index contributed by atoms with van der Waals surface area (Å²) in [5.41, 5.74) is 0. The predicted molar refractivity (Wildman–Crippen MR) is 48.5 cm³/mol. The highest BCUT2D eigenvalue weighted by Gasteiger charge is 2.12. The summed E-state index contributed by atoms with van der Waals surface area (Å²) >= 11 is 1.97. The van der Waals surface area contributed by atoms with Crippen LogP contribution in [-0.4, -0.2) is 24.1 Å². The molecule has 1 atom stereocenters. The molecule has 0 aromatic heterocycles. The molecule has 1 aliphatic heterocycles. The van der Waals surface area contributed by atoms with Gasteiger partial charge in [-0.15, -0.1) is 6.58 Å². The zero-order valence-corrected chi connectivity index (χ0v) is 7.12. The van der Waals surface area contributed by atoms with Crippen molar-refractivity contribution >= 4 is 11.8 Å². The minimum Gasteiger partial charge on any atom is -0.313 e. The van der Waals surface area contributed by atoms with Gasteiger partial charge in [0.15, 0.2) is 0 Å². The van der Waals surface area contributed by atoms with Gasteiger partial charge >= 0.3 is 0 Å². The van der Waals surface area contributed by atoms with Crippen LogP contribution in [0.25, 0.3) is 0 Å². The molecule has 2 heteroatoms. The van der Waals surface area contributed by atoms with E-state index in [2.05, 4.69) is 11.9 Å². The molecule has 0 aromatic carbocycles. The van der Waals surface area contributed by atoms with Gasteiger partial charge in [-0.05, 0) is 19.4 Å². The molecule has 0 amide bonds. The van der Waals surface area contributed by atoms with Gasteiger partial charge in [0, 0.05) is 17.5 Å². The van der Waals surface area contributed by atoms with Crippen molar-refractivity contribution in [3.05, 3.63) is 12.7 Å². The smallest absolute Gasteiger partial charge is 0.0158 e. The normalized spacial score (nSPS) is 25.0. The van der Waals surface area contributed by atoms with E-state index in [-0.39, 0.29) is 0 Å². The maximum Gasteiger partial charge on any atom is 0.0158 e. The van der Waals surface area contributed by atoms with Gasteiger partial charge in [0.25, 0.3) is 0 Å². The second-order valence-corrected chi connectivity index (χ2v) is 3.69. The lowest BCUT2D eigenvalue weighted by molar-refractivity contribution is 0.674. The molecule has 1 aliphatic rings. The monoisotopic (exact) mass is 157 g/mol. The lowest BCUT2D eigenvalue weighted by Gasteiger charge is -2.07. The zero-order chi connectivity index (χ0) is 7.23. The molecule has 1 fully saturated rings. The zero-order valence-electron chi connectivity index (χ0n) is 6.31. The first-order valence-electron chi connectivity index (χ1n) is 3.85. The highest BCUT2D eigenvalue weighted by molar-refractivity contribution is 7.99. The Morgan fingerprint density at radius 3 is 3.20 bits per heavy atom. The van der Waals surface area contributed by atoms with Crippen molar-refractivity contribution in [3.63, 3.8) is 0 Å². The molecule has 1 N–H and O–H groups in total. The summed E-state index contributed by atoms with van der Waals surface area (Å²) in [6.45, 7) is 4.91. The number of thioether (sulfide) groups is 1. The fourth-order valence-corrected chi connectivity index (χ4v) is 2.06. The summed E-state index contributed by atoms with van der Waals surface area (Å²) < 4.78 is 0. The highest BCUT2D eigenvalue weighted by atomic mass is 32.2. The molecular weight excluding hydrogens is 142 g/mol. The van der Waals surface area contributed by atoms with Crippen LogP contribution in [0.5, 0.6) is 0 Å². The molecule has 0 aliphatic carbocycles. The molecule has 1 saturated heterocycles. The quantitative estimate of drug-likeness (QED) is 0.492. The number of rotatable bonds is 4. The van der Waals surface area contributed by atoms with Gasteiger partial charge in [0.1, 0.15) is 0 Å². The van der Waals surface area contributed by atoms with Gasteiger partial charge in [-0.3, -0.25) is 0 Å². The van der Waals surface area contributed by atoms with Crippen LogP contribution < -0.4 is 5.32 Å². The predicted octanol–water partition coefficient (Wildman–Crippen LogP) is 1.66. The average molecular weight is 157 g/mol. The Hall–Kier alpha value is 0.0500. The maximum absolute atomic E-state index is 3.68. The largest absolute Gasteiger partial charge is 0.313 e. The van der Waals surface area contributed by atoms with Crippen molar-refractivity contribution < 1.29 is 0 Å². The average Bonchev–Trinajstić information content (AvgIpc) is 2.41. The molecule has 1 rings (SSSR count). The van der Waals surface area contributed by atoms with Crippen molar-refractivity contribution in [2.24, 2.45) is 0 Å². The minimum atomic E-state index is 0.782. The summed E-state index contributed by atoms with van der Waals surface area (Å²) in [5.74, 6) is 2.35. The molecule has 1 nitrogen and oxygen atoms in total. The van der Waals surface area contributed by atoms with Crippen LogP contribution in [-0.2, 0) is 0 Å². The van der Waals surface area contributed by atoms with Crippen LogP contribution in [0.15, 0.2) is 12.7 Å². The van der Waals surface area contributed by atoms with Gasteiger partial charge in [-0.25, -0.2) is 0 Å². The molecule has 0 unspecified atom stereocenters. The molecule has 1 heterocycles. The van der Waals surface area contributed by atoms with Gasteiger partial charge in [-0.1, -0.05) is 6.08 Å². The Labute approximate surface area is 67.3 Å². The van der Waals surface area contributed by atoms with Gasteiger partial charge in [0.05, 0.1) is 0 Å². The second kappa shape index (κ2) is 4.80. The fourth-order valence-electron chi connectivity index (χ4n) is 1.19. The molecule has 0 saturated carbocycles. The number of hydrogen-bond donors (Lipinski definition) is 1. The van der Waals surface area contributed by atoms with Gasteiger partial charge < -0.3 is 5.32 Å². The van der Waals surface area contributed by atoms with E-state index in [4.69, 9.17) is 0 Å². The van der Waals surface area contributed by atoms with Crippen molar-refractivity contribution in [2.45, 2.75) is 18.9 Å². The van der Waals surface area contributed by atoms with E-state index >= 15 is 0 Å². The first-order chi connectivity index (χ1) is 4.93. The van der Waals surface area contributed by atoms with Crippen LogP contribution in [0, 0.1) is 0 Å². The van der Waals surface area contributed by atoms with E-state index in [0.29, 0.717) is 0 Å².